The Morgan fingerprint density at radius 2 is 2.13 bits per heavy atom. The van der Waals surface area contributed by atoms with E-state index in [1.165, 1.54) is 18.3 Å². The van der Waals surface area contributed by atoms with Gasteiger partial charge < -0.3 is 14.5 Å². The van der Waals surface area contributed by atoms with Crippen molar-refractivity contribution in [3.8, 4) is 5.75 Å². The average molecular weight is 314 g/mol. The van der Waals surface area contributed by atoms with Gasteiger partial charge in [0, 0.05) is 30.9 Å². The molecule has 7 heteroatoms. The van der Waals surface area contributed by atoms with Crippen LogP contribution in [0.5, 0.6) is 5.75 Å². The van der Waals surface area contributed by atoms with E-state index in [9.17, 15) is 9.18 Å². The fraction of sp³-hybridized carbons (Fsp3) is 0.188. The van der Waals surface area contributed by atoms with Gasteiger partial charge in [-0.15, -0.1) is 0 Å². The normalized spacial score (nSPS) is 12.1. The second kappa shape index (κ2) is 6.43. The fourth-order valence-corrected chi connectivity index (χ4v) is 2.13. The molecule has 0 bridgehead atoms. The van der Waals surface area contributed by atoms with Gasteiger partial charge in [-0.3, -0.25) is 4.79 Å². The highest BCUT2D eigenvalue weighted by atomic mass is 19.1. The third kappa shape index (κ3) is 3.45. The zero-order valence-electron chi connectivity index (χ0n) is 12.4. The Balaban J connectivity index is 1.62. The Morgan fingerprint density at radius 1 is 1.35 bits per heavy atom. The Hall–Kier alpha value is -2.96. The maximum absolute atomic E-state index is 13.1. The minimum Gasteiger partial charge on any atom is -0.491 e. The molecule has 0 radical (unpaired) electrons. The number of aromatic nitrogens is 3. The number of nitrogens with one attached hydrogen (secondary N) is 1. The second-order valence-corrected chi connectivity index (χ2v) is 5.08. The van der Waals surface area contributed by atoms with E-state index in [1.807, 2.05) is 0 Å². The number of ether oxygens (including phenoxy) is 1. The topological polar surface area (TPSA) is 68.5 Å². The second-order valence-electron chi connectivity index (χ2n) is 5.08. The first-order valence-corrected chi connectivity index (χ1v) is 7.10. The van der Waals surface area contributed by atoms with Gasteiger partial charge in [0.15, 0.2) is 11.3 Å². The SMILES string of the molecule is CC(COc1cccc(F)c1)NC(=O)c1nccn2ccnc12. The third-order valence-corrected chi connectivity index (χ3v) is 3.20. The van der Waals surface area contributed by atoms with E-state index in [-0.39, 0.29) is 30.1 Å². The van der Waals surface area contributed by atoms with Gasteiger partial charge in [0.05, 0.1) is 6.04 Å². The summed E-state index contributed by atoms with van der Waals surface area (Å²) >= 11 is 0. The Bertz CT molecular complexity index is 834. The highest BCUT2D eigenvalue weighted by Gasteiger charge is 2.16. The zero-order valence-corrected chi connectivity index (χ0v) is 12.4. The molecule has 1 N–H and O–H groups in total. The molecule has 3 rings (SSSR count). The van der Waals surface area contributed by atoms with Crippen LogP contribution in [0.4, 0.5) is 4.39 Å². The van der Waals surface area contributed by atoms with Crippen molar-refractivity contribution in [2.24, 2.45) is 0 Å². The maximum Gasteiger partial charge on any atom is 0.274 e. The van der Waals surface area contributed by atoms with Crippen LogP contribution in [0, 0.1) is 5.82 Å². The van der Waals surface area contributed by atoms with E-state index in [0.717, 1.165) is 0 Å². The molecule has 3 aromatic rings. The van der Waals surface area contributed by atoms with Crippen LogP contribution < -0.4 is 10.1 Å². The van der Waals surface area contributed by atoms with E-state index in [4.69, 9.17) is 4.74 Å². The Kier molecular flexibility index (Phi) is 4.18. The van der Waals surface area contributed by atoms with E-state index in [2.05, 4.69) is 15.3 Å². The molecular weight excluding hydrogens is 299 g/mol. The van der Waals surface area contributed by atoms with Gasteiger partial charge in [-0.2, -0.15) is 0 Å². The van der Waals surface area contributed by atoms with Gasteiger partial charge in [0.25, 0.3) is 5.91 Å². The molecule has 2 aromatic heterocycles. The number of amides is 1. The van der Waals surface area contributed by atoms with Crippen LogP contribution >= 0.6 is 0 Å². The molecule has 2 heterocycles. The number of hydrogen-bond donors (Lipinski definition) is 1. The van der Waals surface area contributed by atoms with Crippen molar-refractivity contribution in [1.82, 2.24) is 19.7 Å². The minimum atomic E-state index is -0.366. The minimum absolute atomic E-state index is 0.215. The maximum atomic E-state index is 13.1. The number of halogens is 1. The molecule has 6 nitrogen and oxygen atoms in total. The summed E-state index contributed by atoms with van der Waals surface area (Å²) in [5.74, 6) is -0.286. The number of imidazole rings is 1. The summed E-state index contributed by atoms with van der Waals surface area (Å²) in [4.78, 5) is 20.5. The molecule has 1 amide bonds. The first kappa shape index (κ1) is 15.0. The van der Waals surface area contributed by atoms with Crippen LogP contribution in [0.2, 0.25) is 0 Å². The molecule has 0 aliphatic carbocycles. The summed E-state index contributed by atoms with van der Waals surface area (Å²) in [5, 5.41) is 2.79. The molecule has 1 aromatic carbocycles. The summed E-state index contributed by atoms with van der Waals surface area (Å²) < 4.78 is 20.3. The van der Waals surface area contributed by atoms with Gasteiger partial charge in [-0.05, 0) is 19.1 Å². The standard InChI is InChI=1S/C16H15FN4O2/c1-11(10-23-13-4-2-3-12(17)9-13)20-16(22)14-15-19-6-8-21(15)7-5-18-14/h2-9,11H,10H2,1H3,(H,20,22). The van der Waals surface area contributed by atoms with Crippen LogP contribution in [0.25, 0.3) is 5.65 Å². The Morgan fingerprint density at radius 3 is 2.91 bits per heavy atom. The molecule has 1 unspecified atom stereocenters. The molecule has 1 atom stereocenters. The number of carbonyl (C=O) groups is 1. The van der Waals surface area contributed by atoms with Crippen molar-refractivity contribution in [3.05, 3.63) is 60.6 Å². The highest BCUT2D eigenvalue weighted by Crippen LogP contribution is 2.12. The predicted molar refractivity (Wildman–Crippen MR) is 81.8 cm³/mol. The summed E-state index contributed by atoms with van der Waals surface area (Å²) in [6.07, 6.45) is 6.60. The van der Waals surface area contributed by atoms with Crippen molar-refractivity contribution in [2.45, 2.75) is 13.0 Å². The molecule has 0 aliphatic rings. The third-order valence-electron chi connectivity index (χ3n) is 3.20. The van der Waals surface area contributed by atoms with Crippen LogP contribution in [-0.2, 0) is 0 Å². The van der Waals surface area contributed by atoms with E-state index in [1.54, 1.807) is 42.0 Å². The number of carbonyl (C=O) groups excluding carboxylic acids is 1. The first-order valence-electron chi connectivity index (χ1n) is 7.10. The van der Waals surface area contributed by atoms with Crippen molar-refractivity contribution >= 4 is 11.6 Å². The molecule has 0 spiro atoms. The molecular formula is C16H15FN4O2. The Labute approximate surface area is 131 Å². The number of fused-ring (bicyclic) bond motifs is 1. The number of rotatable bonds is 5. The molecule has 0 fully saturated rings. The smallest absolute Gasteiger partial charge is 0.274 e. The van der Waals surface area contributed by atoms with Crippen LogP contribution in [0.3, 0.4) is 0 Å². The number of nitrogens with zero attached hydrogens (tertiary/aromatic N) is 3. The molecule has 118 valence electrons. The van der Waals surface area contributed by atoms with Crippen molar-refractivity contribution in [1.29, 1.82) is 0 Å². The molecule has 23 heavy (non-hydrogen) atoms. The largest absolute Gasteiger partial charge is 0.491 e. The lowest BCUT2D eigenvalue weighted by Gasteiger charge is -2.15. The van der Waals surface area contributed by atoms with E-state index in [0.29, 0.717) is 11.4 Å². The molecule has 0 saturated heterocycles. The van der Waals surface area contributed by atoms with Gasteiger partial charge in [-0.1, -0.05) is 6.07 Å². The lowest BCUT2D eigenvalue weighted by Crippen LogP contribution is -2.37. The van der Waals surface area contributed by atoms with Crippen LogP contribution in [-0.4, -0.2) is 32.9 Å². The number of benzene rings is 1. The van der Waals surface area contributed by atoms with Crippen molar-refractivity contribution < 1.29 is 13.9 Å². The van der Waals surface area contributed by atoms with Crippen molar-refractivity contribution in [3.63, 3.8) is 0 Å². The molecule has 0 aliphatic heterocycles. The van der Waals surface area contributed by atoms with E-state index < -0.39 is 0 Å². The fourth-order valence-electron chi connectivity index (χ4n) is 2.13. The van der Waals surface area contributed by atoms with Crippen LogP contribution in [0.1, 0.15) is 17.4 Å². The number of hydrogen-bond acceptors (Lipinski definition) is 4. The predicted octanol–water partition coefficient (Wildman–Crippen LogP) is 2.07. The van der Waals surface area contributed by atoms with Gasteiger partial charge in [-0.25, -0.2) is 14.4 Å². The summed E-state index contributed by atoms with van der Waals surface area (Å²) in [6.45, 7) is 2.01. The summed E-state index contributed by atoms with van der Waals surface area (Å²) in [5.41, 5.74) is 0.735. The highest BCUT2D eigenvalue weighted by molar-refractivity contribution is 5.97. The quantitative estimate of drug-likeness (QED) is 0.783. The van der Waals surface area contributed by atoms with Gasteiger partial charge >= 0.3 is 0 Å². The molecule has 0 saturated carbocycles. The lowest BCUT2D eigenvalue weighted by atomic mass is 10.3. The zero-order chi connectivity index (χ0) is 16.2. The first-order chi connectivity index (χ1) is 11.1. The summed E-state index contributed by atoms with van der Waals surface area (Å²) in [6, 6.07) is 5.58. The van der Waals surface area contributed by atoms with Gasteiger partial charge in [0.1, 0.15) is 18.2 Å². The van der Waals surface area contributed by atoms with Crippen LogP contribution in [0.15, 0.2) is 49.1 Å². The average Bonchev–Trinajstić information content (AvgIpc) is 3.01. The van der Waals surface area contributed by atoms with E-state index >= 15 is 0 Å². The monoisotopic (exact) mass is 314 g/mol. The van der Waals surface area contributed by atoms with Gasteiger partial charge in [0.2, 0.25) is 0 Å². The lowest BCUT2D eigenvalue weighted by molar-refractivity contribution is 0.0922. The summed E-state index contributed by atoms with van der Waals surface area (Å²) in [7, 11) is 0. The van der Waals surface area contributed by atoms with Crippen molar-refractivity contribution in [2.75, 3.05) is 6.61 Å².